The van der Waals surface area contributed by atoms with Gasteiger partial charge in [-0.15, -0.1) is 0 Å². The smallest absolute Gasteiger partial charge is 0.399 e. The summed E-state index contributed by atoms with van der Waals surface area (Å²) in [6.07, 6.45) is 0. The molecular weight excluding hydrogens is 319 g/mol. The number of hydrogen-bond donors (Lipinski definition) is 0. The highest BCUT2D eigenvalue weighted by Gasteiger charge is 2.53. The molecule has 1 saturated heterocycles. The van der Waals surface area contributed by atoms with Crippen molar-refractivity contribution in [1.29, 1.82) is 0 Å². The van der Waals surface area contributed by atoms with Gasteiger partial charge in [-0.05, 0) is 52.8 Å². The van der Waals surface area contributed by atoms with Crippen LogP contribution in [0.25, 0.3) is 11.3 Å². The highest BCUT2D eigenvalue weighted by atomic mass is 35.5. The van der Waals surface area contributed by atoms with Crippen LogP contribution in [0.5, 0.6) is 0 Å². The molecule has 0 bridgehead atoms. The lowest BCUT2D eigenvalue weighted by molar-refractivity contribution is 0.00578. The summed E-state index contributed by atoms with van der Waals surface area (Å²) in [5, 5.41) is 4.34. The second-order valence-corrected chi connectivity index (χ2v) is 7.18. The van der Waals surface area contributed by atoms with Gasteiger partial charge in [0.2, 0.25) is 0 Å². The number of halogens is 2. The summed E-state index contributed by atoms with van der Waals surface area (Å²) in [4.78, 5) is 0. The van der Waals surface area contributed by atoms with E-state index in [1.165, 1.54) is 12.1 Å². The number of rotatable bonds is 2. The van der Waals surface area contributed by atoms with E-state index in [9.17, 15) is 4.39 Å². The van der Waals surface area contributed by atoms with E-state index >= 15 is 0 Å². The fourth-order valence-electron chi connectivity index (χ4n) is 2.52. The molecule has 1 fully saturated rings. The van der Waals surface area contributed by atoms with Crippen molar-refractivity contribution in [1.82, 2.24) is 5.16 Å². The topological polar surface area (TPSA) is 44.5 Å². The highest BCUT2D eigenvalue weighted by molar-refractivity contribution is 6.64. The van der Waals surface area contributed by atoms with Crippen LogP contribution in [-0.4, -0.2) is 23.5 Å². The number of nitrogens with zero attached hydrogens (tertiary/aromatic N) is 1. The van der Waals surface area contributed by atoms with E-state index in [-0.39, 0.29) is 0 Å². The molecule has 122 valence electrons. The van der Waals surface area contributed by atoms with E-state index in [0.717, 1.165) is 0 Å². The van der Waals surface area contributed by atoms with Crippen LogP contribution in [0.3, 0.4) is 0 Å². The highest BCUT2D eigenvalue weighted by Crippen LogP contribution is 2.37. The van der Waals surface area contributed by atoms with Gasteiger partial charge in [-0.1, -0.05) is 16.8 Å². The molecule has 1 aromatic heterocycles. The van der Waals surface area contributed by atoms with Crippen molar-refractivity contribution in [2.24, 2.45) is 0 Å². The summed E-state index contributed by atoms with van der Waals surface area (Å²) in [6.45, 7) is 9.64. The molecule has 0 spiro atoms. The maximum atomic E-state index is 13.7. The quantitative estimate of drug-likeness (QED) is 0.783. The van der Waals surface area contributed by atoms with Gasteiger partial charge in [0, 0.05) is 10.6 Å². The van der Waals surface area contributed by atoms with Gasteiger partial charge in [0.1, 0.15) is 17.3 Å². The van der Waals surface area contributed by atoms with Gasteiger partial charge < -0.3 is 13.8 Å². The van der Waals surface area contributed by atoms with E-state index in [1.54, 1.807) is 13.0 Å². The van der Waals surface area contributed by atoms with Crippen molar-refractivity contribution in [2.45, 2.75) is 45.8 Å². The average molecular weight is 338 g/mol. The Morgan fingerprint density at radius 1 is 1.09 bits per heavy atom. The monoisotopic (exact) mass is 337 g/mol. The minimum Gasteiger partial charge on any atom is -0.399 e. The molecule has 1 aliphatic rings. The molecule has 0 radical (unpaired) electrons. The standard InChI is InChI=1S/C16H18BClFNO3/c1-9-13(17-22-15(2,3)16(4,5)23-17)14(20-21-9)10-6-11(18)8-12(19)7-10/h6-8H,1-5H3. The normalized spacial score (nSPS) is 19.3. The Morgan fingerprint density at radius 2 is 1.70 bits per heavy atom. The van der Waals surface area contributed by atoms with Gasteiger partial charge in [0.25, 0.3) is 0 Å². The molecule has 0 saturated carbocycles. The van der Waals surface area contributed by atoms with E-state index < -0.39 is 24.1 Å². The minimum atomic E-state index is -0.636. The molecule has 0 amide bonds. The molecule has 3 rings (SSSR count). The lowest BCUT2D eigenvalue weighted by atomic mass is 9.76. The van der Waals surface area contributed by atoms with E-state index in [4.69, 9.17) is 25.4 Å². The molecule has 23 heavy (non-hydrogen) atoms. The predicted octanol–water partition coefficient (Wildman–Crippen LogP) is 3.74. The van der Waals surface area contributed by atoms with Crippen LogP contribution in [-0.2, 0) is 9.31 Å². The molecule has 2 aromatic rings. The Bertz CT molecular complexity index is 724. The first-order valence-corrected chi connectivity index (χ1v) is 7.77. The average Bonchev–Trinajstić information content (AvgIpc) is 2.86. The Hall–Kier alpha value is -1.37. The second-order valence-electron chi connectivity index (χ2n) is 6.75. The predicted molar refractivity (Wildman–Crippen MR) is 87.4 cm³/mol. The summed E-state index contributed by atoms with van der Waals surface area (Å²) in [6, 6.07) is 4.24. The Kier molecular flexibility index (Phi) is 3.82. The number of benzene rings is 1. The third kappa shape index (κ3) is 2.79. The van der Waals surface area contributed by atoms with E-state index in [1.807, 2.05) is 27.7 Å². The molecule has 7 heteroatoms. The van der Waals surface area contributed by atoms with Crippen LogP contribution < -0.4 is 5.46 Å². The first kappa shape index (κ1) is 16.5. The van der Waals surface area contributed by atoms with Gasteiger partial charge >= 0.3 is 7.12 Å². The molecule has 0 unspecified atom stereocenters. The van der Waals surface area contributed by atoms with Gasteiger partial charge in [-0.3, -0.25) is 0 Å². The van der Waals surface area contributed by atoms with Crippen LogP contribution in [0.1, 0.15) is 33.5 Å². The van der Waals surface area contributed by atoms with Crippen LogP contribution in [0.2, 0.25) is 5.02 Å². The molecule has 4 nitrogen and oxygen atoms in total. The Balaban J connectivity index is 2.07. The summed E-state index contributed by atoms with van der Waals surface area (Å²) >= 11 is 5.95. The maximum Gasteiger partial charge on any atom is 0.500 e. The second kappa shape index (κ2) is 5.33. The van der Waals surface area contributed by atoms with Gasteiger partial charge in [0.05, 0.1) is 16.7 Å². The molecule has 1 aromatic carbocycles. The first-order valence-electron chi connectivity index (χ1n) is 7.39. The van der Waals surface area contributed by atoms with Crippen molar-refractivity contribution < 1.29 is 18.2 Å². The lowest BCUT2D eigenvalue weighted by Gasteiger charge is -2.32. The third-order valence-corrected chi connectivity index (χ3v) is 4.75. The van der Waals surface area contributed by atoms with Crippen LogP contribution in [0.15, 0.2) is 22.7 Å². The summed E-state index contributed by atoms with van der Waals surface area (Å²) in [5.41, 5.74) is 0.681. The summed E-state index contributed by atoms with van der Waals surface area (Å²) in [7, 11) is -0.636. The van der Waals surface area contributed by atoms with Crippen molar-refractivity contribution in [3.63, 3.8) is 0 Å². The zero-order valence-electron chi connectivity index (χ0n) is 13.7. The minimum absolute atomic E-state index is 0.292. The Labute approximate surface area is 140 Å². The molecule has 1 aliphatic heterocycles. The van der Waals surface area contributed by atoms with Gasteiger partial charge in [0.15, 0.2) is 0 Å². The summed E-state index contributed by atoms with van der Waals surface area (Å²) < 4.78 is 31.1. The fourth-order valence-corrected chi connectivity index (χ4v) is 2.74. The van der Waals surface area contributed by atoms with Gasteiger partial charge in [-0.2, -0.15) is 0 Å². The van der Waals surface area contributed by atoms with Crippen LogP contribution in [0, 0.1) is 12.7 Å². The van der Waals surface area contributed by atoms with Crippen molar-refractivity contribution in [2.75, 3.05) is 0 Å². The fraction of sp³-hybridized carbons (Fsp3) is 0.438. The van der Waals surface area contributed by atoms with Crippen molar-refractivity contribution >= 4 is 24.2 Å². The van der Waals surface area contributed by atoms with Crippen LogP contribution in [0.4, 0.5) is 4.39 Å². The molecule has 2 heterocycles. The van der Waals surface area contributed by atoms with Crippen LogP contribution >= 0.6 is 11.6 Å². The van der Waals surface area contributed by atoms with Crippen molar-refractivity contribution in [3.05, 3.63) is 34.8 Å². The first-order chi connectivity index (χ1) is 10.6. The maximum absolute atomic E-state index is 13.7. The van der Waals surface area contributed by atoms with E-state index in [0.29, 0.717) is 27.5 Å². The number of aryl methyl sites for hydroxylation is 1. The molecule has 0 N–H and O–H groups in total. The number of aromatic nitrogens is 1. The molecular formula is C16H18BClFNO3. The largest absolute Gasteiger partial charge is 0.500 e. The SMILES string of the molecule is Cc1onc(-c2cc(F)cc(Cl)c2)c1B1OC(C)(C)C(C)(C)O1. The Morgan fingerprint density at radius 3 is 2.26 bits per heavy atom. The lowest BCUT2D eigenvalue weighted by Crippen LogP contribution is -2.41. The molecule has 0 atom stereocenters. The van der Waals surface area contributed by atoms with Crippen molar-refractivity contribution in [3.8, 4) is 11.3 Å². The van der Waals surface area contributed by atoms with Gasteiger partial charge in [-0.25, -0.2) is 4.39 Å². The zero-order valence-corrected chi connectivity index (χ0v) is 14.5. The summed E-state index contributed by atoms with van der Waals surface area (Å²) in [5.74, 6) is 0.131. The molecule has 0 aliphatic carbocycles. The number of hydrogen-bond acceptors (Lipinski definition) is 4. The zero-order chi connectivity index (χ0) is 17.0. The third-order valence-electron chi connectivity index (χ3n) is 4.53. The van der Waals surface area contributed by atoms with E-state index in [2.05, 4.69) is 5.16 Å².